The van der Waals surface area contributed by atoms with Crippen LogP contribution in [0.2, 0.25) is 0 Å². The zero-order valence-corrected chi connectivity index (χ0v) is 17.8. The van der Waals surface area contributed by atoms with Crippen LogP contribution >= 0.6 is 0 Å². The molecule has 6 nitrogen and oxygen atoms in total. The first-order valence-corrected chi connectivity index (χ1v) is 10.2. The van der Waals surface area contributed by atoms with E-state index >= 15 is 0 Å². The van der Waals surface area contributed by atoms with E-state index in [9.17, 15) is 9.59 Å². The molecule has 1 aromatic carbocycles. The summed E-state index contributed by atoms with van der Waals surface area (Å²) in [6.07, 6.45) is 2.65. The number of carbonyl (C=O) groups excluding carboxylic acids is 2. The number of piperidine rings is 1. The zero-order chi connectivity index (χ0) is 21.0. The smallest absolute Gasteiger partial charge is 0.227 e. The van der Waals surface area contributed by atoms with E-state index in [2.05, 4.69) is 11.4 Å². The van der Waals surface area contributed by atoms with Crippen molar-refractivity contribution in [2.75, 3.05) is 20.1 Å². The Bertz CT molecular complexity index is 886. The molecule has 2 aromatic rings. The number of hydrogen-bond acceptors (Lipinski definition) is 4. The number of hydrogen-bond donors (Lipinski definition) is 1. The van der Waals surface area contributed by atoms with Crippen molar-refractivity contribution in [3.8, 4) is 0 Å². The number of benzene rings is 1. The van der Waals surface area contributed by atoms with Gasteiger partial charge >= 0.3 is 0 Å². The van der Waals surface area contributed by atoms with Gasteiger partial charge in [-0.05, 0) is 39.2 Å². The van der Waals surface area contributed by atoms with Crippen LogP contribution in [0.3, 0.4) is 0 Å². The van der Waals surface area contributed by atoms with Gasteiger partial charge in [0.15, 0.2) is 0 Å². The molecule has 6 heteroatoms. The lowest BCUT2D eigenvalue weighted by Gasteiger charge is -2.32. The molecule has 0 spiro atoms. The van der Waals surface area contributed by atoms with Gasteiger partial charge in [0.1, 0.15) is 5.82 Å². The molecule has 154 valence electrons. The molecule has 1 N–H and O–H groups in total. The predicted molar refractivity (Wildman–Crippen MR) is 113 cm³/mol. The third kappa shape index (κ3) is 5.19. The van der Waals surface area contributed by atoms with Gasteiger partial charge in [0.25, 0.3) is 0 Å². The number of nitrogens with one attached hydrogen (secondary N) is 1. The maximum absolute atomic E-state index is 12.8. The van der Waals surface area contributed by atoms with E-state index in [1.54, 1.807) is 7.05 Å². The highest BCUT2D eigenvalue weighted by Crippen LogP contribution is 2.26. The maximum atomic E-state index is 12.8. The lowest BCUT2D eigenvalue weighted by molar-refractivity contribution is -0.131. The molecule has 29 heavy (non-hydrogen) atoms. The van der Waals surface area contributed by atoms with E-state index in [0.717, 1.165) is 47.7 Å². The van der Waals surface area contributed by atoms with Crippen molar-refractivity contribution in [3.05, 3.63) is 58.2 Å². The lowest BCUT2D eigenvalue weighted by Crippen LogP contribution is -2.40. The minimum absolute atomic E-state index is 0.0434. The van der Waals surface area contributed by atoms with Crippen molar-refractivity contribution in [2.24, 2.45) is 0 Å². The summed E-state index contributed by atoms with van der Waals surface area (Å²) in [6.45, 7) is 7.34. The van der Waals surface area contributed by atoms with Crippen LogP contribution in [0.15, 0.2) is 24.3 Å². The molecule has 0 bridgehead atoms. The van der Waals surface area contributed by atoms with Crippen molar-refractivity contribution in [1.82, 2.24) is 20.2 Å². The van der Waals surface area contributed by atoms with Crippen molar-refractivity contribution in [2.45, 2.75) is 52.4 Å². The molecule has 3 rings (SSSR count). The van der Waals surface area contributed by atoms with E-state index in [1.165, 1.54) is 5.56 Å². The zero-order valence-electron chi connectivity index (χ0n) is 17.8. The number of aromatic nitrogens is 2. The van der Waals surface area contributed by atoms with Gasteiger partial charge in [-0.15, -0.1) is 0 Å². The van der Waals surface area contributed by atoms with Gasteiger partial charge in [0, 0.05) is 43.0 Å². The fraction of sp³-hybridized carbons (Fsp3) is 0.478. The summed E-state index contributed by atoms with van der Waals surface area (Å²) in [5, 5.41) is 2.65. The highest BCUT2D eigenvalue weighted by molar-refractivity contribution is 5.79. The van der Waals surface area contributed by atoms with E-state index in [1.807, 2.05) is 43.9 Å². The van der Waals surface area contributed by atoms with Crippen LogP contribution < -0.4 is 5.32 Å². The minimum Gasteiger partial charge on any atom is -0.359 e. The van der Waals surface area contributed by atoms with Gasteiger partial charge in [-0.2, -0.15) is 0 Å². The minimum atomic E-state index is -0.0434. The van der Waals surface area contributed by atoms with Crippen LogP contribution in [-0.4, -0.2) is 46.8 Å². The number of carbonyl (C=O) groups is 2. The second-order valence-corrected chi connectivity index (χ2v) is 7.93. The predicted octanol–water partition coefficient (Wildman–Crippen LogP) is 2.64. The number of nitrogens with zero attached hydrogens (tertiary/aromatic N) is 3. The highest BCUT2D eigenvalue weighted by Gasteiger charge is 2.27. The van der Waals surface area contributed by atoms with E-state index in [4.69, 9.17) is 9.97 Å². The quantitative estimate of drug-likeness (QED) is 0.846. The van der Waals surface area contributed by atoms with E-state index < -0.39 is 0 Å². The lowest BCUT2D eigenvalue weighted by atomic mass is 9.95. The van der Waals surface area contributed by atoms with E-state index in [0.29, 0.717) is 19.4 Å². The number of aryl methyl sites for hydroxylation is 3. The molecule has 1 saturated heterocycles. The van der Waals surface area contributed by atoms with Crippen LogP contribution in [0.25, 0.3) is 0 Å². The van der Waals surface area contributed by atoms with Crippen LogP contribution in [-0.2, 0) is 22.4 Å². The van der Waals surface area contributed by atoms with Crippen LogP contribution in [0, 0.1) is 20.8 Å². The molecule has 1 fully saturated rings. The molecule has 1 aromatic heterocycles. The molecular weight excluding hydrogens is 364 g/mol. The summed E-state index contributed by atoms with van der Waals surface area (Å²) in [5.74, 6) is 1.04. The molecule has 0 saturated carbocycles. The first kappa shape index (κ1) is 21.0. The summed E-state index contributed by atoms with van der Waals surface area (Å²) in [6, 6.07) is 8.12. The third-order valence-electron chi connectivity index (χ3n) is 5.63. The monoisotopic (exact) mass is 394 g/mol. The molecule has 0 unspecified atom stereocenters. The Morgan fingerprint density at radius 3 is 2.52 bits per heavy atom. The molecular formula is C23H30N4O2. The van der Waals surface area contributed by atoms with Gasteiger partial charge in [0.2, 0.25) is 11.8 Å². The third-order valence-corrected chi connectivity index (χ3v) is 5.63. The molecule has 0 radical (unpaired) electrons. The molecule has 2 heterocycles. The van der Waals surface area contributed by atoms with Crippen molar-refractivity contribution < 1.29 is 9.59 Å². The van der Waals surface area contributed by atoms with Gasteiger partial charge in [-0.1, -0.05) is 29.8 Å². The molecule has 2 amide bonds. The summed E-state index contributed by atoms with van der Waals surface area (Å²) < 4.78 is 0. The molecule has 1 atom stereocenters. The Hall–Kier alpha value is -2.76. The summed E-state index contributed by atoms with van der Waals surface area (Å²) in [5.41, 5.74) is 4.80. The second kappa shape index (κ2) is 9.16. The maximum Gasteiger partial charge on any atom is 0.227 e. The number of amides is 2. The Labute approximate surface area is 172 Å². The summed E-state index contributed by atoms with van der Waals surface area (Å²) in [4.78, 5) is 35.9. The normalized spacial score (nSPS) is 16.6. The van der Waals surface area contributed by atoms with Crippen molar-refractivity contribution in [3.63, 3.8) is 0 Å². The fourth-order valence-corrected chi connectivity index (χ4v) is 3.98. The Morgan fingerprint density at radius 2 is 1.86 bits per heavy atom. The van der Waals surface area contributed by atoms with Crippen LogP contribution in [0.1, 0.15) is 52.7 Å². The van der Waals surface area contributed by atoms with Gasteiger partial charge < -0.3 is 10.2 Å². The second-order valence-electron chi connectivity index (χ2n) is 7.93. The Morgan fingerprint density at radius 1 is 1.14 bits per heavy atom. The largest absolute Gasteiger partial charge is 0.359 e. The topological polar surface area (TPSA) is 75.2 Å². The molecule has 0 aliphatic carbocycles. The first-order valence-electron chi connectivity index (χ1n) is 10.2. The van der Waals surface area contributed by atoms with Gasteiger partial charge in [-0.25, -0.2) is 9.97 Å². The number of likely N-dealkylation sites (N-methyl/N-ethyl adjacent to an activating group) is 1. The number of rotatable bonds is 5. The highest BCUT2D eigenvalue weighted by atomic mass is 16.2. The van der Waals surface area contributed by atoms with Gasteiger partial charge in [0.05, 0.1) is 12.8 Å². The summed E-state index contributed by atoms with van der Waals surface area (Å²) >= 11 is 0. The van der Waals surface area contributed by atoms with Crippen molar-refractivity contribution >= 4 is 11.8 Å². The van der Waals surface area contributed by atoms with Crippen molar-refractivity contribution in [1.29, 1.82) is 0 Å². The Balaban J connectivity index is 1.71. The standard InChI is InChI=1S/C23H30N4O2/c1-15-7-5-8-18(11-15)12-22(29)27-10-6-9-19(14-27)23-25-16(2)20(17(3)26-23)13-21(28)24-4/h5,7-8,11,19H,6,9-10,12-14H2,1-4H3,(H,24,28)/t19-/m0/s1. The summed E-state index contributed by atoms with van der Waals surface area (Å²) in [7, 11) is 1.63. The average Bonchev–Trinajstić information content (AvgIpc) is 2.70. The average molecular weight is 395 g/mol. The number of likely N-dealkylation sites (tertiary alicyclic amines) is 1. The Kier molecular flexibility index (Phi) is 6.62. The molecule has 1 aliphatic rings. The molecule has 1 aliphatic heterocycles. The van der Waals surface area contributed by atoms with Crippen LogP contribution in [0.4, 0.5) is 0 Å². The first-order chi connectivity index (χ1) is 13.9. The SMILES string of the molecule is CNC(=O)Cc1c(C)nc([C@H]2CCCN(C(=O)Cc3cccc(C)c3)C2)nc1C. The van der Waals surface area contributed by atoms with Gasteiger partial charge in [-0.3, -0.25) is 9.59 Å². The van der Waals surface area contributed by atoms with Crippen LogP contribution in [0.5, 0.6) is 0 Å². The van der Waals surface area contributed by atoms with E-state index in [-0.39, 0.29) is 17.7 Å². The fourth-order valence-electron chi connectivity index (χ4n) is 3.98.